The standard InChI is InChI=1S/C21H29N5O4/c1-15(27)22-18-12-17(13-19(14-18)23-16(2)28)20(29)24-8-10-26(11-9-24)21(30)25-6-4-3-5-7-25/h12-14H,3-11H2,1-2H3,(H,22,27)(H,23,28). The van der Waals surface area contributed by atoms with Gasteiger partial charge in [0.1, 0.15) is 0 Å². The molecule has 0 aromatic heterocycles. The lowest BCUT2D eigenvalue weighted by Crippen LogP contribution is -2.54. The molecule has 0 radical (unpaired) electrons. The lowest BCUT2D eigenvalue weighted by Gasteiger charge is -2.38. The molecule has 2 aliphatic heterocycles. The molecule has 0 spiro atoms. The summed E-state index contributed by atoms with van der Waals surface area (Å²) in [6, 6.07) is 4.86. The van der Waals surface area contributed by atoms with E-state index in [9.17, 15) is 19.2 Å². The maximum atomic E-state index is 13.0. The summed E-state index contributed by atoms with van der Waals surface area (Å²) in [4.78, 5) is 54.0. The molecule has 30 heavy (non-hydrogen) atoms. The highest BCUT2D eigenvalue weighted by atomic mass is 16.2. The summed E-state index contributed by atoms with van der Waals surface area (Å²) in [5, 5.41) is 5.31. The van der Waals surface area contributed by atoms with Crippen molar-refractivity contribution in [2.45, 2.75) is 33.1 Å². The fourth-order valence-corrected chi connectivity index (χ4v) is 3.87. The van der Waals surface area contributed by atoms with Gasteiger partial charge in [0.05, 0.1) is 0 Å². The highest BCUT2D eigenvalue weighted by Crippen LogP contribution is 2.22. The molecule has 162 valence electrons. The molecular formula is C21H29N5O4. The molecule has 2 N–H and O–H groups in total. The van der Waals surface area contributed by atoms with E-state index in [-0.39, 0.29) is 23.8 Å². The smallest absolute Gasteiger partial charge is 0.320 e. The van der Waals surface area contributed by atoms with Gasteiger partial charge in [-0.2, -0.15) is 0 Å². The average Bonchev–Trinajstić information content (AvgIpc) is 2.72. The molecule has 0 bridgehead atoms. The number of urea groups is 1. The number of nitrogens with one attached hydrogen (secondary N) is 2. The molecule has 3 rings (SSSR count). The second-order valence-electron chi connectivity index (χ2n) is 7.77. The SMILES string of the molecule is CC(=O)Nc1cc(NC(C)=O)cc(C(=O)N2CCN(C(=O)N3CCCCC3)CC2)c1. The van der Waals surface area contributed by atoms with Crippen molar-refractivity contribution in [2.75, 3.05) is 49.9 Å². The van der Waals surface area contributed by atoms with Gasteiger partial charge in [0, 0.05) is 70.1 Å². The van der Waals surface area contributed by atoms with Crippen molar-refractivity contribution in [1.29, 1.82) is 0 Å². The van der Waals surface area contributed by atoms with E-state index >= 15 is 0 Å². The Morgan fingerprint density at radius 1 is 0.667 bits per heavy atom. The molecule has 9 nitrogen and oxygen atoms in total. The fourth-order valence-electron chi connectivity index (χ4n) is 3.87. The summed E-state index contributed by atoms with van der Waals surface area (Å²) in [5.74, 6) is -0.727. The van der Waals surface area contributed by atoms with Gasteiger partial charge in [0.15, 0.2) is 0 Å². The van der Waals surface area contributed by atoms with Gasteiger partial charge in [0.2, 0.25) is 11.8 Å². The highest BCUT2D eigenvalue weighted by Gasteiger charge is 2.28. The van der Waals surface area contributed by atoms with Crippen LogP contribution in [0.5, 0.6) is 0 Å². The average molecular weight is 415 g/mol. The summed E-state index contributed by atoms with van der Waals surface area (Å²) in [6.07, 6.45) is 3.26. The first kappa shape index (κ1) is 21.6. The number of nitrogens with zero attached hydrogens (tertiary/aromatic N) is 3. The molecule has 0 aliphatic carbocycles. The van der Waals surface area contributed by atoms with E-state index in [1.807, 2.05) is 9.80 Å². The minimum atomic E-state index is -0.266. The van der Waals surface area contributed by atoms with Crippen LogP contribution in [0.3, 0.4) is 0 Å². The van der Waals surface area contributed by atoms with Crippen LogP contribution in [0.2, 0.25) is 0 Å². The van der Waals surface area contributed by atoms with Crippen LogP contribution in [0, 0.1) is 0 Å². The van der Waals surface area contributed by atoms with Gasteiger partial charge in [-0.05, 0) is 37.5 Å². The molecule has 1 aromatic rings. The molecule has 2 heterocycles. The number of piperazine rings is 1. The largest absolute Gasteiger partial charge is 0.335 e. The predicted octanol–water partition coefficient (Wildman–Crippen LogP) is 1.97. The van der Waals surface area contributed by atoms with E-state index in [1.165, 1.54) is 20.3 Å². The molecule has 1 aromatic carbocycles. The number of likely N-dealkylation sites (tertiary alicyclic amines) is 1. The Morgan fingerprint density at radius 3 is 1.63 bits per heavy atom. The normalized spacial score (nSPS) is 16.8. The van der Waals surface area contributed by atoms with E-state index in [0.29, 0.717) is 43.1 Å². The van der Waals surface area contributed by atoms with E-state index in [2.05, 4.69) is 10.6 Å². The van der Waals surface area contributed by atoms with Crippen LogP contribution in [0.15, 0.2) is 18.2 Å². The maximum absolute atomic E-state index is 13.0. The molecule has 0 unspecified atom stereocenters. The molecule has 0 saturated carbocycles. The molecular weight excluding hydrogens is 386 g/mol. The number of carbonyl (C=O) groups is 4. The van der Waals surface area contributed by atoms with Crippen molar-refractivity contribution in [3.63, 3.8) is 0 Å². The van der Waals surface area contributed by atoms with Crippen LogP contribution < -0.4 is 10.6 Å². The molecule has 2 fully saturated rings. The zero-order valence-electron chi connectivity index (χ0n) is 17.6. The van der Waals surface area contributed by atoms with E-state index in [4.69, 9.17) is 0 Å². The van der Waals surface area contributed by atoms with Gasteiger partial charge in [-0.15, -0.1) is 0 Å². The van der Waals surface area contributed by atoms with Crippen LogP contribution in [0.25, 0.3) is 0 Å². The predicted molar refractivity (Wildman–Crippen MR) is 113 cm³/mol. The van der Waals surface area contributed by atoms with Gasteiger partial charge >= 0.3 is 6.03 Å². The second-order valence-corrected chi connectivity index (χ2v) is 7.77. The molecule has 2 saturated heterocycles. The Hall–Kier alpha value is -3.10. The Morgan fingerprint density at radius 2 is 1.13 bits per heavy atom. The third-order valence-corrected chi connectivity index (χ3v) is 5.28. The van der Waals surface area contributed by atoms with E-state index < -0.39 is 0 Å². The number of rotatable bonds is 3. The Bertz CT molecular complexity index is 792. The van der Waals surface area contributed by atoms with E-state index in [1.54, 1.807) is 23.1 Å². The Balaban J connectivity index is 1.67. The molecule has 9 heteroatoms. The Labute approximate surface area is 176 Å². The zero-order valence-corrected chi connectivity index (χ0v) is 17.6. The number of piperidine rings is 1. The topological polar surface area (TPSA) is 102 Å². The first-order valence-corrected chi connectivity index (χ1v) is 10.4. The van der Waals surface area contributed by atoms with Crippen LogP contribution in [-0.2, 0) is 9.59 Å². The fraction of sp³-hybridized carbons (Fsp3) is 0.524. The number of amides is 5. The summed E-state index contributed by atoms with van der Waals surface area (Å²) in [6.45, 7) is 6.24. The van der Waals surface area contributed by atoms with Crippen LogP contribution in [-0.4, -0.2) is 77.7 Å². The third kappa shape index (κ3) is 5.49. The lowest BCUT2D eigenvalue weighted by molar-refractivity contribution is -0.115. The number of anilines is 2. The summed E-state index contributed by atoms with van der Waals surface area (Å²) in [5.41, 5.74) is 1.26. The van der Waals surface area contributed by atoms with Crippen LogP contribution >= 0.6 is 0 Å². The van der Waals surface area contributed by atoms with Crippen molar-refractivity contribution in [3.8, 4) is 0 Å². The summed E-state index contributed by atoms with van der Waals surface area (Å²) < 4.78 is 0. The third-order valence-electron chi connectivity index (χ3n) is 5.28. The highest BCUT2D eigenvalue weighted by molar-refractivity contribution is 6.00. The monoisotopic (exact) mass is 415 g/mol. The summed E-state index contributed by atoms with van der Waals surface area (Å²) >= 11 is 0. The van der Waals surface area contributed by atoms with Crippen LogP contribution in [0.1, 0.15) is 43.5 Å². The second kappa shape index (κ2) is 9.60. The van der Waals surface area contributed by atoms with Crippen molar-refractivity contribution in [3.05, 3.63) is 23.8 Å². The minimum Gasteiger partial charge on any atom is -0.335 e. The maximum Gasteiger partial charge on any atom is 0.320 e. The van der Waals surface area contributed by atoms with Crippen LogP contribution in [0.4, 0.5) is 16.2 Å². The molecule has 0 atom stereocenters. The van der Waals surface area contributed by atoms with Gasteiger partial charge in [-0.25, -0.2) is 4.79 Å². The zero-order chi connectivity index (χ0) is 21.7. The number of benzene rings is 1. The van der Waals surface area contributed by atoms with Crippen molar-refractivity contribution >= 4 is 35.1 Å². The Kier molecular flexibility index (Phi) is 6.91. The first-order valence-electron chi connectivity index (χ1n) is 10.4. The molecule has 2 aliphatic rings. The number of hydrogen-bond donors (Lipinski definition) is 2. The quantitative estimate of drug-likeness (QED) is 0.788. The van der Waals surface area contributed by atoms with Gasteiger partial charge in [-0.3, -0.25) is 14.4 Å². The minimum absolute atomic E-state index is 0.0578. The van der Waals surface area contributed by atoms with Crippen molar-refractivity contribution in [1.82, 2.24) is 14.7 Å². The van der Waals surface area contributed by atoms with Crippen molar-refractivity contribution < 1.29 is 19.2 Å². The van der Waals surface area contributed by atoms with Gasteiger partial charge < -0.3 is 25.3 Å². The number of hydrogen-bond acceptors (Lipinski definition) is 4. The summed E-state index contributed by atoms with van der Waals surface area (Å²) in [7, 11) is 0. The van der Waals surface area contributed by atoms with Gasteiger partial charge in [-0.1, -0.05) is 0 Å². The molecule has 5 amide bonds. The first-order chi connectivity index (χ1) is 14.3. The van der Waals surface area contributed by atoms with Crippen molar-refractivity contribution in [2.24, 2.45) is 0 Å². The lowest BCUT2D eigenvalue weighted by atomic mass is 10.1. The van der Waals surface area contributed by atoms with E-state index in [0.717, 1.165) is 25.9 Å². The number of carbonyl (C=O) groups excluding carboxylic acids is 4. The van der Waals surface area contributed by atoms with Gasteiger partial charge in [0.25, 0.3) is 5.91 Å².